The van der Waals surface area contributed by atoms with Crippen LogP contribution in [0.3, 0.4) is 0 Å². The van der Waals surface area contributed by atoms with Gasteiger partial charge in [-0.2, -0.15) is 0 Å². The molecular weight excluding hydrogens is 318 g/mol. The Balaban J connectivity index is 2.07. The Kier molecular flexibility index (Phi) is 5.37. The first-order valence-electron chi connectivity index (χ1n) is 6.81. The van der Waals surface area contributed by atoms with E-state index >= 15 is 0 Å². The number of carbonyl (C=O) groups excluding carboxylic acids is 1. The molecule has 0 spiro atoms. The average Bonchev–Trinajstić information content (AvgIpc) is 2.49. The Morgan fingerprint density at radius 1 is 1.18 bits per heavy atom. The number of hydrogen-bond acceptors (Lipinski definition) is 3. The summed E-state index contributed by atoms with van der Waals surface area (Å²) in [4.78, 5) is 13.5. The summed E-state index contributed by atoms with van der Waals surface area (Å²) in [5.74, 6) is 0.392. The Labute approximate surface area is 140 Å². The highest BCUT2D eigenvalue weighted by Gasteiger charge is 2.30. The summed E-state index contributed by atoms with van der Waals surface area (Å²) < 4.78 is 5.77. The number of halogens is 1. The van der Waals surface area contributed by atoms with Gasteiger partial charge in [0.05, 0.1) is 0 Å². The van der Waals surface area contributed by atoms with Crippen LogP contribution in [-0.2, 0) is 4.79 Å². The molecule has 0 unspecified atom stereocenters. The van der Waals surface area contributed by atoms with Crippen molar-refractivity contribution in [3.05, 3.63) is 53.6 Å². The smallest absolute Gasteiger partial charge is 0.267 e. The molecule has 0 aliphatic rings. The molecule has 116 valence electrons. The fourth-order valence-corrected chi connectivity index (χ4v) is 2.41. The van der Waals surface area contributed by atoms with Crippen LogP contribution in [0.15, 0.2) is 53.4 Å². The van der Waals surface area contributed by atoms with Gasteiger partial charge in [0.2, 0.25) is 0 Å². The number of thioether (sulfide) groups is 1. The molecule has 0 saturated heterocycles. The molecule has 22 heavy (non-hydrogen) atoms. The van der Waals surface area contributed by atoms with Crippen molar-refractivity contribution in [2.75, 3.05) is 11.6 Å². The normalized spacial score (nSPS) is 11.1. The monoisotopic (exact) mass is 335 g/mol. The minimum Gasteiger partial charge on any atom is -0.478 e. The summed E-state index contributed by atoms with van der Waals surface area (Å²) in [7, 11) is 0. The van der Waals surface area contributed by atoms with Crippen LogP contribution in [0.25, 0.3) is 0 Å². The lowest BCUT2D eigenvalue weighted by molar-refractivity contribution is -0.128. The minimum atomic E-state index is -0.997. The summed E-state index contributed by atoms with van der Waals surface area (Å²) in [6.07, 6.45) is 1.99. The number of benzene rings is 2. The van der Waals surface area contributed by atoms with E-state index in [4.69, 9.17) is 16.3 Å². The average molecular weight is 336 g/mol. The Hall–Kier alpha value is -1.65. The van der Waals surface area contributed by atoms with E-state index in [1.54, 1.807) is 49.9 Å². The van der Waals surface area contributed by atoms with Gasteiger partial charge in [-0.05, 0) is 62.6 Å². The first-order chi connectivity index (χ1) is 10.4. The van der Waals surface area contributed by atoms with Crippen LogP contribution >= 0.6 is 23.4 Å². The summed E-state index contributed by atoms with van der Waals surface area (Å²) >= 11 is 7.47. The molecule has 0 aromatic heterocycles. The van der Waals surface area contributed by atoms with Gasteiger partial charge < -0.3 is 10.1 Å². The molecule has 0 aliphatic carbocycles. The van der Waals surface area contributed by atoms with Crippen molar-refractivity contribution in [3.63, 3.8) is 0 Å². The molecule has 0 atom stereocenters. The first-order valence-corrected chi connectivity index (χ1v) is 8.41. The van der Waals surface area contributed by atoms with Crippen molar-refractivity contribution in [1.29, 1.82) is 0 Å². The highest BCUT2D eigenvalue weighted by Crippen LogP contribution is 2.23. The minimum absolute atomic E-state index is 0.208. The van der Waals surface area contributed by atoms with Gasteiger partial charge in [0.15, 0.2) is 5.60 Å². The van der Waals surface area contributed by atoms with Gasteiger partial charge >= 0.3 is 0 Å². The lowest BCUT2D eigenvalue weighted by atomic mass is 10.1. The Morgan fingerprint density at radius 2 is 1.86 bits per heavy atom. The van der Waals surface area contributed by atoms with Gasteiger partial charge in [-0.25, -0.2) is 0 Å². The van der Waals surface area contributed by atoms with Crippen molar-refractivity contribution >= 4 is 35.0 Å². The second-order valence-electron chi connectivity index (χ2n) is 5.25. The second kappa shape index (κ2) is 7.07. The number of ether oxygens (including phenoxy) is 1. The zero-order valence-corrected chi connectivity index (χ0v) is 14.3. The standard InChI is InChI=1S/C17H18ClNO2S/c1-17(2,21-14-9-7-12(18)8-10-14)16(20)19-13-5-4-6-15(11-13)22-3/h4-11H,1-3H3,(H,19,20). The SMILES string of the molecule is CSc1cccc(NC(=O)C(C)(C)Oc2ccc(Cl)cc2)c1. The van der Waals surface area contributed by atoms with E-state index in [0.717, 1.165) is 10.6 Å². The maximum absolute atomic E-state index is 12.4. The fourth-order valence-electron chi connectivity index (χ4n) is 1.83. The molecule has 1 amide bonds. The third kappa shape index (κ3) is 4.42. The number of amides is 1. The van der Waals surface area contributed by atoms with Crippen molar-refractivity contribution in [2.45, 2.75) is 24.3 Å². The molecule has 0 radical (unpaired) electrons. The quantitative estimate of drug-likeness (QED) is 0.793. The third-order valence-electron chi connectivity index (χ3n) is 3.06. The molecule has 2 aromatic rings. The van der Waals surface area contributed by atoms with E-state index in [2.05, 4.69) is 5.32 Å². The van der Waals surface area contributed by atoms with E-state index in [0.29, 0.717) is 10.8 Å². The second-order valence-corrected chi connectivity index (χ2v) is 6.57. The van der Waals surface area contributed by atoms with Crippen LogP contribution < -0.4 is 10.1 Å². The highest BCUT2D eigenvalue weighted by atomic mass is 35.5. The van der Waals surface area contributed by atoms with Crippen LogP contribution in [0, 0.1) is 0 Å². The maximum Gasteiger partial charge on any atom is 0.267 e. The van der Waals surface area contributed by atoms with E-state index in [1.165, 1.54) is 0 Å². The zero-order chi connectivity index (χ0) is 16.2. The number of nitrogens with one attached hydrogen (secondary N) is 1. The number of hydrogen-bond donors (Lipinski definition) is 1. The number of rotatable bonds is 5. The molecule has 0 saturated carbocycles. The van der Waals surface area contributed by atoms with E-state index in [-0.39, 0.29) is 5.91 Å². The molecular formula is C17H18ClNO2S. The molecule has 0 bridgehead atoms. The van der Waals surface area contributed by atoms with Gasteiger partial charge in [0, 0.05) is 15.6 Å². The largest absolute Gasteiger partial charge is 0.478 e. The van der Waals surface area contributed by atoms with Crippen LogP contribution in [0.2, 0.25) is 5.02 Å². The topological polar surface area (TPSA) is 38.3 Å². The van der Waals surface area contributed by atoms with Crippen LogP contribution in [-0.4, -0.2) is 17.8 Å². The molecule has 0 fully saturated rings. The van der Waals surface area contributed by atoms with Crippen molar-refractivity contribution in [2.24, 2.45) is 0 Å². The number of anilines is 1. The first kappa shape index (κ1) is 16.7. The van der Waals surface area contributed by atoms with Gasteiger partial charge in [0.25, 0.3) is 5.91 Å². The summed E-state index contributed by atoms with van der Waals surface area (Å²) in [5, 5.41) is 3.51. The molecule has 2 rings (SSSR count). The van der Waals surface area contributed by atoms with E-state index in [1.807, 2.05) is 30.5 Å². The highest BCUT2D eigenvalue weighted by molar-refractivity contribution is 7.98. The van der Waals surface area contributed by atoms with Crippen molar-refractivity contribution in [3.8, 4) is 5.75 Å². The Morgan fingerprint density at radius 3 is 2.50 bits per heavy atom. The molecule has 3 nitrogen and oxygen atoms in total. The van der Waals surface area contributed by atoms with Gasteiger partial charge in [-0.1, -0.05) is 17.7 Å². The summed E-state index contributed by atoms with van der Waals surface area (Å²) in [6.45, 7) is 3.46. The summed E-state index contributed by atoms with van der Waals surface area (Å²) in [6, 6.07) is 14.6. The molecule has 1 N–H and O–H groups in total. The zero-order valence-electron chi connectivity index (χ0n) is 12.7. The third-order valence-corrected chi connectivity index (χ3v) is 4.04. The van der Waals surface area contributed by atoms with Crippen LogP contribution in [0.1, 0.15) is 13.8 Å². The van der Waals surface area contributed by atoms with Gasteiger partial charge in [-0.15, -0.1) is 11.8 Å². The fraction of sp³-hybridized carbons (Fsp3) is 0.235. The van der Waals surface area contributed by atoms with Crippen molar-refractivity contribution in [1.82, 2.24) is 0 Å². The summed E-state index contributed by atoms with van der Waals surface area (Å²) in [5.41, 5.74) is -0.243. The molecule has 2 aromatic carbocycles. The van der Waals surface area contributed by atoms with E-state index in [9.17, 15) is 4.79 Å². The molecule has 0 heterocycles. The predicted molar refractivity (Wildman–Crippen MR) is 93.0 cm³/mol. The Bertz CT molecular complexity index is 656. The van der Waals surface area contributed by atoms with E-state index < -0.39 is 5.60 Å². The molecule has 0 aliphatic heterocycles. The van der Waals surface area contributed by atoms with Gasteiger partial charge in [0.1, 0.15) is 5.75 Å². The van der Waals surface area contributed by atoms with Gasteiger partial charge in [-0.3, -0.25) is 4.79 Å². The van der Waals surface area contributed by atoms with Crippen LogP contribution in [0.5, 0.6) is 5.75 Å². The lowest BCUT2D eigenvalue weighted by Gasteiger charge is -2.25. The van der Waals surface area contributed by atoms with Crippen LogP contribution in [0.4, 0.5) is 5.69 Å². The maximum atomic E-state index is 12.4. The predicted octanol–water partition coefficient (Wildman–Crippen LogP) is 4.86. The number of carbonyl (C=O) groups is 1. The molecule has 5 heteroatoms. The van der Waals surface area contributed by atoms with Crippen molar-refractivity contribution < 1.29 is 9.53 Å². The lowest BCUT2D eigenvalue weighted by Crippen LogP contribution is -2.42.